The molecule has 1 unspecified atom stereocenters. The number of carbonyl (C=O) groups excluding carboxylic acids is 2. The molecule has 1 saturated heterocycles. The number of likely N-dealkylation sites (tertiary alicyclic amines) is 1. The summed E-state index contributed by atoms with van der Waals surface area (Å²) in [5.74, 6) is -0.824. The Bertz CT molecular complexity index is 642. The fourth-order valence-corrected chi connectivity index (χ4v) is 2.77. The topological polar surface area (TPSA) is 75.4 Å². The van der Waals surface area contributed by atoms with E-state index in [-0.39, 0.29) is 29.5 Å². The highest BCUT2D eigenvalue weighted by Gasteiger charge is 2.35. The average molecular weight is 357 g/mol. The summed E-state index contributed by atoms with van der Waals surface area (Å²) in [4.78, 5) is 25.9. The first-order valence-electron chi connectivity index (χ1n) is 7.99. The summed E-state index contributed by atoms with van der Waals surface area (Å²) in [7, 11) is 0. The largest absolute Gasteiger partial charge is 0.416 e. The van der Waals surface area contributed by atoms with Gasteiger partial charge in [-0.1, -0.05) is 13.8 Å². The van der Waals surface area contributed by atoms with Gasteiger partial charge in [-0.3, -0.25) is 9.59 Å². The van der Waals surface area contributed by atoms with Gasteiger partial charge >= 0.3 is 6.18 Å². The van der Waals surface area contributed by atoms with Gasteiger partial charge in [0.1, 0.15) is 0 Å². The molecule has 0 saturated carbocycles. The number of nitrogens with one attached hydrogen (secondary N) is 1. The van der Waals surface area contributed by atoms with Gasteiger partial charge in [-0.15, -0.1) is 0 Å². The van der Waals surface area contributed by atoms with E-state index in [1.54, 1.807) is 4.90 Å². The normalized spacial score (nSPS) is 20.2. The number of piperidine rings is 1. The molecule has 0 aliphatic carbocycles. The van der Waals surface area contributed by atoms with Crippen molar-refractivity contribution in [2.75, 3.05) is 19.6 Å². The Morgan fingerprint density at radius 3 is 2.40 bits per heavy atom. The molecule has 1 atom stereocenters. The van der Waals surface area contributed by atoms with E-state index >= 15 is 0 Å². The fourth-order valence-electron chi connectivity index (χ4n) is 2.77. The first-order chi connectivity index (χ1) is 11.5. The van der Waals surface area contributed by atoms with Crippen LogP contribution in [-0.4, -0.2) is 42.4 Å². The second-order valence-corrected chi connectivity index (χ2v) is 6.96. The third-order valence-electron chi connectivity index (χ3n) is 4.54. The van der Waals surface area contributed by atoms with Gasteiger partial charge in [-0.05, 0) is 36.1 Å². The smallest absolute Gasteiger partial charge is 0.343 e. The van der Waals surface area contributed by atoms with Crippen molar-refractivity contribution in [2.24, 2.45) is 11.1 Å². The first kappa shape index (κ1) is 19.2. The third kappa shape index (κ3) is 4.72. The fraction of sp³-hybridized carbons (Fsp3) is 0.529. The van der Waals surface area contributed by atoms with Crippen molar-refractivity contribution >= 4 is 11.8 Å². The van der Waals surface area contributed by atoms with Crippen molar-refractivity contribution in [2.45, 2.75) is 32.5 Å². The van der Waals surface area contributed by atoms with Crippen molar-refractivity contribution in [3.8, 4) is 0 Å². The second kappa shape index (κ2) is 7.03. The molecule has 0 aromatic heterocycles. The van der Waals surface area contributed by atoms with Crippen LogP contribution in [0.2, 0.25) is 0 Å². The number of nitrogens with zero attached hydrogens (tertiary/aromatic N) is 1. The first-order valence-corrected chi connectivity index (χ1v) is 7.99. The van der Waals surface area contributed by atoms with Crippen LogP contribution in [0.3, 0.4) is 0 Å². The quantitative estimate of drug-likeness (QED) is 0.869. The summed E-state index contributed by atoms with van der Waals surface area (Å²) in [5.41, 5.74) is 5.07. The highest BCUT2D eigenvalue weighted by Crippen LogP contribution is 2.29. The van der Waals surface area contributed by atoms with Crippen molar-refractivity contribution in [3.05, 3.63) is 35.4 Å². The molecule has 0 bridgehead atoms. The van der Waals surface area contributed by atoms with E-state index in [2.05, 4.69) is 5.32 Å². The van der Waals surface area contributed by atoms with Crippen LogP contribution in [0.1, 0.15) is 36.2 Å². The maximum Gasteiger partial charge on any atom is 0.416 e. The molecule has 25 heavy (non-hydrogen) atoms. The van der Waals surface area contributed by atoms with Crippen LogP contribution in [0.25, 0.3) is 0 Å². The predicted molar refractivity (Wildman–Crippen MR) is 86.7 cm³/mol. The van der Waals surface area contributed by atoms with Crippen LogP contribution in [0.5, 0.6) is 0 Å². The number of amides is 2. The number of halogens is 3. The number of hydrogen-bond donors (Lipinski definition) is 2. The standard InChI is InChI=1S/C17H22F3N3O2/c1-16(2)10-23(8-7-13(16)21)14(24)9-22-15(25)11-3-5-12(6-4-11)17(18,19)20/h3-6,13H,7-10,21H2,1-2H3,(H,22,25). The van der Waals surface area contributed by atoms with Gasteiger partial charge < -0.3 is 16.0 Å². The average Bonchev–Trinajstić information content (AvgIpc) is 2.54. The number of nitrogens with two attached hydrogens (primary N) is 1. The van der Waals surface area contributed by atoms with Crippen LogP contribution in [-0.2, 0) is 11.0 Å². The number of hydrogen-bond acceptors (Lipinski definition) is 3. The monoisotopic (exact) mass is 357 g/mol. The van der Waals surface area contributed by atoms with E-state index in [0.29, 0.717) is 19.5 Å². The lowest BCUT2D eigenvalue weighted by molar-refractivity contribution is -0.137. The van der Waals surface area contributed by atoms with Gasteiger partial charge in [-0.2, -0.15) is 13.2 Å². The van der Waals surface area contributed by atoms with E-state index in [1.165, 1.54) is 0 Å². The van der Waals surface area contributed by atoms with Gasteiger partial charge in [0, 0.05) is 24.7 Å². The Balaban J connectivity index is 1.90. The van der Waals surface area contributed by atoms with Crippen LogP contribution < -0.4 is 11.1 Å². The maximum atomic E-state index is 12.5. The van der Waals surface area contributed by atoms with Gasteiger partial charge in [0.05, 0.1) is 12.1 Å². The summed E-state index contributed by atoms with van der Waals surface area (Å²) in [6, 6.07) is 3.87. The zero-order valence-electron chi connectivity index (χ0n) is 14.2. The minimum Gasteiger partial charge on any atom is -0.343 e. The lowest BCUT2D eigenvalue weighted by atomic mass is 9.79. The summed E-state index contributed by atoms with van der Waals surface area (Å²) < 4.78 is 37.5. The summed E-state index contributed by atoms with van der Waals surface area (Å²) in [5, 5.41) is 2.45. The molecule has 0 spiro atoms. The minimum absolute atomic E-state index is 0.0123. The van der Waals surface area contributed by atoms with Crippen LogP contribution in [0.15, 0.2) is 24.3 Å². The number of rotatable bonds is 3. The van der Waals surface area contributed by atoms with Gasteiger partial charge in [0.25, 0.3) is 5.91 Å². The van der Waals surface area contributed by atoms with E-state index in [1.807, 2.05) is 13.8 Å². The van der Waals surface area contributed by atoms with E-state index in [4.69, 9.17) is 5.73 Å². The molecule has 138 valence electrons. The molecular formula is C17H22F3N3O2. The van der Waals surface area contributed by atoms with Crippen molar-refractivity contribution in [3.63, 3.8) is 0 Å². The van der Waals surface area contributed by atoms with Crippen LogP contribution in [0, 0.1) is 5.41 Å². The molecule has 1 aliphatic rings. The van der Waals surface area contributed by atoms with E-state index in [9.17, 15) is 22.8 Å². The number of carbonyl (C=O) groups is 2. The van der Waals surface area contributed by atoms with Gasteiger partial charge in [0.2, 0.25) is 5.91 Å². The highest BCUT2D eigenvalue weighted by molar-refractivity contribution is 5.96. The van der Waals surface area contributed by atoms with Crippen LogP contribution in [0.4, 0.5) is 13.2 Å². The lowest BCUT2D eigenvalue weighted by Gasteiger charge is -2.42. The van der Waals surface area contributed by atoms with Crippen molar-refractivity contribution < 1.29 is 22.8 Å². The van der Waals surface area contributed by atoms with Gasteiger partial charge in [0.15, 0.2) is 0 Å². The Labute approximate surface area is 144 Å². The summed E-state index contributed by atoms with van der Waals surface area (Å²) in [6.07, 6.45) is -3.77. The van der Waals surface area contributed by atoms with Gasteiger partial charge in [-0.25, -0.2) is 0 Å². The molecule has 3 N–H and O–H groups in total. The molecule has 8 heteroatoms. The molecule has 1 aromatic carbocycles. The molecule has 1 aromatic rings. The maximum absolute atomic E-state index is 12.5. The SMILES string of the molecule is CC1(C)CN(C(=O)CNC(=O)c2ccc(C(F)(F)F)cc2)CCC1N. The predicted octanol–water partition coefficient (Wildman–Crippen LogP) is 2.02. The second-order valence-electron chi connectivity index (χ2n) is 6.96. The number of alkyl halides is 3. The lowest BCUT2D eigenvalue weighted by Crippen LogP contribution is -2.55. The van der Waals surface area contributed by atoms with E-state index in [0.717, 1.165) is 24.3 Å². The molecule has 5 nitrogen and oxygen atoms in total. The zero-order chi connectivity index (χ0) is 18.8. The van der Waals surface area contributed by atoms with E-state index < -0.39 is 17.6 Å². The molecule has 1 heterocycles. The third-order valence-corrected chi connectivity index (χ3v) is 4.54. The molecule has 2 rings (SSSR count). The summed E-state index contributed by atoms with van der Waals surface area (Å²) >= 11 is 0. The Morgan fingerprint density at radius 1 is 1.28 bits per heavy atom. The van der Waals surface area contributed by atoms with Crippen LogP contribution >= 0.6 is 0 Å². The molecule has 2 amide bonds. The zero-order valence-corrected chi connectivity index (χ0v) is 14.2. The molecular weight excluding hydrogens is 335 g/mol. The summed E-state index contributed by atoms with van der Waals surface area (Å²) in [6.45, 7) is 4.80. The molecule has 1 fully saturated rings. The molecule has 1 aliphatic heterocycles. The minimum atomic E-state index is -4.45. The molecule has 0 radical (unpaired) electrons. The Hall–Kier alpha value is -2.09. The number of benzene rings is 1. The van der Waals surface area contributed by atoms with Crippen molar-refractivity contribution in [1.82, 2.24) is 10.2 Å². The Kier molecular flexibility index (Phi) is 5.41. The van der Waals surface area contributed by atoms with Crippen molar-refractivity contribution in [1.29, 1.82) is 0 Å². The Morgan fingerprint density at radius 2 is 1.88 bits per heavy atom. The highest BCUT2D eigenvalue weighted by atomic mass is 19.4.